The van der Waals surface area contributed by atoms with Crippen LogP contribution in [0.2, 0.25) is 0 Å². The molecule has 0 radical (unpaired) electrons. The summed E-state index contributed by atoms with van der Waals surface area (Å²) in [5, 5.41) is 6.00. The number of amides is 2. The van der Waals surface area contributed by atoms with Crippen molar-refractivity contribution in [1.82, 2.24) is 10.7 Å². The van der Waals surface area contributed by atoms with Gasteiger partial charge in [-0.05, 0) is 30.3 Å². The molecule has 6 nitrogen and oxygen atoms in total. The Kier molecular flexibility index (Phi) is 4.81. The largest absolute Gasteiger partial charge is 0.463 e. The van der Waals surface area contributed by atoms with E-state index in [0.717, 1.165) is 6.07 Å². The maximum Gasteiger partial charge on any atom is 0.259 e. The molecule has 108 valence electrons. The second-order valence-electron chi connectivity index (χ2n) is 4.00. The highest BCUT2D eigenvalue weighted by molar-refractivity contribution is 5.96. The minimum absolute atomic E-state index is 0.141. The van der Waals surface area contributed by atoms with Crippen LogP contribution in [-0.4, -0.2) is 24.6 Å². The van der Waals surface area contributed by atoms with Crippen LogP contribution < -0.4 is 10.7 Å². The third-order valence-electron chi connectivity index (χ3n) is 2.42. The lowest BCUT2D eigenvalue weighted by molar-refractivity contribution is -0.120. The Hall–Kier alpha value is -2.96. The molecule has 2 amide bonds. The van der Waals surface area contributed by atoms with Crippen molar-refractivity contribution in [2.24, 2.45) is 5.10 Å². The molecule has 21 heavy (non-hydrogen) atoms. The van der Waals surface area contributed by atoms with Crippen LogP contribution >= 0.6 is 0 Å². The van der Waals surface area contributed by atoms with Crippen LogP contribution in [0.15, 0.2) is 52.2 Å². The van der Waals surface area contributed by atoms with Gasteiger partial charge in [0.05, 0.1) is 19.0 Å². The fourth-order valence-electron chi connectivity index (χ4n) is 1.46. The number of hydrogen-bond donors (Lipinski definition) is 2. The summed E-state index contributed by atoms with van der Waals surface area (Å²) in [6.45, 7) is -0.273. The topological polar surface area (TPSA) is 83.7 Å². The summed E-state index contributed by atoms with van der Waals surface area (Å²) in [4.78, 5) is 23.1. The van der Waals surface area contributed by atoms with Gasteiger partial charge in [0.25, 0.3) is 11.8 Å². The van der Waals surface area contributed by atoms with Gasteiger partial charge in [0, 0.05) is 5.56 Å². The summed E-state index contributed by atoms with van der Waals surface area (Å²) < 4.78 is 17.9. The second kappa shape index (κ2) is 6.99. The summed E-state index contributed by atoms with van der Waals surface area (Å²) in [7, 11) is 0. The zero-order valence-corrected chi connectivity index (χ0v) is 10.9. The summed E-state index contributed by atoms with van der Waals surface area (Å²) >= 11 is 0. The summed E-state index contributed by atoms with van der Waals surface area (Å²) in [6, 6.07) is 8.53. The van der Waals surface area contributed by atoms with Gasteiger partial charge in [0.15, 0.2) is 0 Å². The Bertz CT molecular complexity index is 653. The van der Waals surface area contributed by atoms with Crippen LogP contribution in [-0.2, 0) is 4.79 Å². The number of hydrogen-bond acceptors (Lipinski definition) is 4. The van der Waals surface area contributed by atoms with E-state index in [1.807, 2.05) is 0 Å². The molecular weight excluding hydrogens is 277 g/mol. The maximum absolute atomic E-state index is 12.9. The van der Waals surface area contributed by atoms with Crippen LogP contribution in [0, 0.1) is 5.82 Å². The molecule has 0 fully saturated rings. The average molecular weight is 289 g/mol. The van der Waals surface area contributed by atoms with Gasteiger partial charge in [-0.2, -0.15) is 5.10 Å². The molecular formula is C14H12FN3O3. The van der Waals surface area contributed by atoms with E-state index >= 15 is 0 Å². The number of nitrogens with one attached hydrogen (secondary N) is 2. The first-order valence-electron chi connectivity index (χ1n) is 6.04. The molecule has 0 unspecified atom stereocenters. The molecule has 0 aliphatic heterocycles. The molecule has 1 aromatic heterocycles. The first-order chi connectivity index (χ1) is 10.1. The Morgan fingerprint density at radius 3 is 2.86 bits per heavy atom. The van der Waals surface area contributed by atoms with Crippen molar-refractivity contribution in [2.75, 3.05) is 6.54 Å². The minimum atomic E-state index is -0.542. The number of nitrogens with zero attached hydrogens (tertiary/aromatic N) is 1. The van der Waals surface area contributed by atoms with E-state index in [-0.39, 0.29) is 12.1 Å². The zero-order valence-electron chi connectivity index (χ0n) is 10.9. The van der Waals surface area contributed by atoms with Crippen LogP contribution in [0.5, 0.6) is 0 Å². The highest BCUT2D eigenvalue weighted by Gasteiger charge is 2.08. The fourth-order valence-corrected chi connectivity index (χ4v) is 1.46. The van der Waals surface area contributed by atoms with Crippen molar-refractivity contribution >= 4 is 18.0 Å². The Labute approximate surface area is 119 Å². The lowest BCUT2D eigenvalue weighted by Crippen LogP contribution is -2.34. The Balaban J connectivity index is 1.77. The van der Waals surface area contributed by atoms with E-state index in [2.05, 4.69) is 15.8 Å². The van der Waals surface area contributed by atoms with E-state index in [1.165, 1.54) is 30.7 Å². The third-order valence-corrected chi connectivity index (χ3v) is 2.42. The highest BCUT2D eigenvalue weighted by Crippen LogP contribution is 2.02. The highest BCUT2D eigenvalue weighted by atomic mass is 19.1. The van der Waals surface area contributed by atoms with Gasteiger partial charge in [-0.1, -0.05) is 6.07 Å². The molecule has 7 heteroatoms. The quantitative estimate of drug-likeness (QED) is 0.643. The van der Waals surface area contributed by atoms with E-state index in [4.69, 9.17) is 4.42 Å². The monoisotopic (exact) mass is 289 g/mol. The van der Waals surface area contributed by atoms with Crippen LogP contribution in [0.1, 0.15) is 16.1 Å². The number of benzene rings is 1. The van der Waals surface area contributed by atoms with Gasteiger partial charge in [-0.25, -0.2) is 9.82 Å². The fraction of sp³-hybridized carbons (Fsp3) is 0.0714. The van der Waals surface area contributed by atoms with E-state index in [9.17, 15) is 14.0 Å². The van der Waals surface area contributed by atoms with Crippen LogP contribution in [0.3, 0.4) is 0 Å². The molecule has 0 saturated heterocycles. The molecule has 1 aromatic carbocycles. The minimum Gasteiger partial charge on any atom is -0.463 e. The Morgan fingerprint density at radius 1 is 1.29 bits per heavy atom. The average Bonchev–Trinajstić information content (AvgIpc) is 2.98. The number of furan rings is 1. The predicted molar refractivity (Wildman–Crippen MR) is 73.2 cm³/mol. The molecule has 0 aliphatic rings. The number of rotatable bonds is 5. The molecule has 0 aliphatic carbocycles. The van der Waals surface area contributed by atoms with E-state index < -0.39 is 17.6 Å². The van der Waals surface area contributed by atoms with Crippen molar-refractivity contribution in [3.05, 3.63) is 59.8 Å². The summed E-state index contributed by atoms with van der Waals surface area (Å²) in [6.07, 6.45) is 2.80. The normalized spacial score (nSPS) is 10.5. The number of halogens is 1. The molecule has 2 rings (SSSR count). The summed E-state index contributed by atoms with van der Waals surface area (Å²) in [5.74, 6) is -1.09. The van der Waals surface area contributed by atoms with Crippen LogP contribution in [0.4, 0.5) is 4.39 Å². The second-order valence-corrected chi connectivity index (χ2v) is 4.00. The molecule has 0 spiro atoms. The van der Waals surface area contributed by atoms with Crippen molar-refractivity contribution in [3.63, 3.8) is 0 Å². The van der Waals surface area contributed by atoms with Crippen molar-refractivity contribution in [2.45, 2.75) is 0 Å². The molecule has 2 N–H and O–H groups in total. The van der Waals surface area contributed by atoms with Gasteiger partial charge >= 0.3 is 0 Å². The van der Waals surface area contributed by atoms with Crippen molar-refractivity contribution < 1.29 is 18.4 Å². The molecule has 2 aromatic rings. The standard InChI is InChI=1S/C14H12FN3O3/c15-11-4-1-3-10(7-11)14(20)16-9-13(19)18-17-8-12-5-2-6-21-12/h1-8H,9H2,(H,16,20)(H,18,19)/b17-8+. The maximum atomic E-state index is 12.9. The third kappa shape index (κ3) is 4.57. The lowest BCUT2D eigenvalue weighted by Gasteiger charge is -2.04. The first kappa shape index (κ1) is 14.4. The summed E-state index contributed by atoms with van der Waals surface area (Å²) in [5.41, 5.74) is 2.36. The first-order valence-corrected chi connectivity index (χ1v) is 6.04. The van der Waals surface area contributed by atoms with E-state index in [0.29, 0.717) is 5.76 Å². The lowest BCUT2D eigenvalue weighted by atomic mass is 10.2. The number of hydrazone groups is 1. The smallest absolute Gasteiger partial charge is 0.259 e. The van der Waals surface area contributed by atoms with Crippen molar-refractivity contribution in [1.29, 1.82) is 0 Å². The van der Waals surface area contributed by atoms with Crippen molar-refractivity contribution in [3.8, 4) is 0 Å². The van der Waals surface area contributed by atoms with Gasteiger partial charge in [-0.3, -0.25) is 9.59 Å². The number of carbonyl (C=O) groups excluding carboxylic acids is 2. The van der Waals surface area contributed by atoms with Gasteiger partial charge in [-0.15, -0.1) is 0 Å². The van der Waals surface area contributed by atoms with Gasteiger partial charge in [0.1, 0.15) is 11.6 Å². The van der Waals surface area contributed by atoms with Gasteiger partial charge in [0.2, 0.25) is 0 Å². The molecule has 0 saturated carbocycles. The van der Waals surface area contributed by atoms with E-state index in [1.54, 1.807) is 12.1 Å². The van der Waals surface area contributed by atoms with Crippen LogP contribution in [0.25, 0.3) is 0 Å². The number of carbonyl (C=O) groups is 2. The Morgan fingerprint density at radius 2 is 2.14 bits per heavy atom. The SMILES string of the molecule is O=C(CNC(=O)c1cccc(F)c1)N/N=C/c1ccco1. The van der Waals surface area contributed by atoms with Gasteiger partial charge < -0.3 is 9.73 Å². The molecule has 0 atom stereocenters. The predicted octanol–water partition coefficient (Wildman–Crippen LogP) is 1.30. The zero-order chi connectivity index (χ0) is 15.1. The molecule has 1 heterocycles. The molecule has 0 bridgehead atoms.